The quantitative estimate of drug-likeness (QED) is 0.348. The van der Waals surface area contributed by atoms with E-state index < -0.39 is 0 Å². The first-order valence-electron chi connectivity index (χ1n) is 5.57. The Morgan fingerprint density at radius 2 is 1.93 bits per heavy atom. The smallest absolute Gasteiger partial charge is 0.0210 e. The number of rotatable bonds is 8. The fourth-order valence-electron chi connectivity index (χ4n) is 1.67. The van der Waals surface area contributed by atoms with Crippen LogP contribution in [0.2, 0.25) is 0 Å². The number of unbranched alkanes of at least 4 members (excludes halogenated alkanes) is 5. The normalized spacial score (nSPS) is 10.3. The predicted molar refractivity (Wildman–Crippen MR) is 67.1 cm³/mol. The summed E-state index contributed by atoms with van der Waals surface area (Å²) in [7, 11) is 0. The Hall–Kier alpha value is -0.560. The van der Waals surface area contributed by atoms with E-state index in [1.807, 2.05) is 5.37 Å². The maximum absolute atomic E-state index is 4.78. The summed E-state index contributed by atoms with van der Waals surface area (Å²) in [5, 5.41) is 1.85. The molecule has 14 heavy (non-hydrogen) atoms. The van der Waals surface area contributed by atoms with Gasteiger partial charge in [-0.1, -0.05) is 44.3 Å². The molecule has 0 saturated heterocycles. The van der Waals surface area contributed by atoms with Gasteiger partial charge in [0.2, 0.25) is 0 Å². The van der Waals surface area contributed by atoms with Crippen molar-refractivity contribution in [3.63, 3.8) is 0 Å². The molecule has 0 aliphatic rings. The fraction of sp³-hybridized carbons (Fsp3) is 0.538. The number of hydrogen-bond acceptors (Lipinski definition) is 1. The molecular weight excluding hydrogens is 188 g/mol. The minimum Gasteiger partial charge on any atom is -0.211 e. The molecule has 0 aromatic heterocycles. The Kier molecular flexibility index (Phi) is 6.42. The van der Waals surface area contributed by atoms with E-state index in [2.05, 4.69) is 24.3 Å². The van der Waals surface area contributed by atoms with E-state index >= 15 is 0 Å². The van der Waals surface area contributed by atoms with Crippen molar-refractivity contribution in [1.29, 1.82) is 0 Å². The van der Waals surface area contributed by atoms with Gasteiger partial charge in [-0.3, -0.25) is 0 Å². The molecule has 0 radical (unpaired) electrons. The lowest BCUT2D eigenvalue weighted by Crippen LogP contribution is -1.83. The van der Waals surface area contributed by atoms with Gasteiger partial charge in [-0.05, 0) is 18.2 Å². The second kappa shape index (κ2) is 7.81. The van der Waals surface area contributed by atoms with Crippen LogP contribution in [-0.2, 0) is 6.42 Å². The van der Waals surface area contributed by atoms with Gasteiger partial charge >= 0.3 is 0 Å². The Morgan fingerprint density at radius 1 is 1.14 bits per heavy atom. The average Bonchev–Trinajstić information content (AvgIpc) is 2.69. The van der Waals surface area contributed by atoms with Crippen molar-refractivity contribution in [2.24, 2.45) is 0 Å². The number of thiocarbonyl (C=S) groups is 1. The van der Waals surface area contributed by atoms with Crippen molar-refractivity contribution in [2.75, 3.05) is 0 Å². The van der Waals surface area contributed by atoms with Crippen molar-refractivity contribution in [3.8, 4) is 0 Å². The third-order valence-corrected chi connectivity index (χ3v) is 2.75. The van der Waals surface area contributed by atoms with Crippen LogP contribution in [0.5, 0.6) is 0 Å². The van der Waals surface area contributed by atoms with E-state index in [1.165, 1.54) is 44.1 Å². The highest BCUT2D eigenvalue weighted by atomic mass is 32.1. The molecule has 0 amide bonds. The first kappa shape index (κ1) is 11.5. The van der Waals surface area contributed by atoms with Gasteiger partial charge in [0, 0.05) is 0 Å². The standard InChI is InChI=1S/C13H19S/c14-12-8-4-2-1-3-5-9-13-10-6-7-11-13/h6-7,10-12H,1-5,8-9H2/q-1. The van der Waals surface area contributed by atoms with Crippen LogP contribution in [0.1, 0.15) is 44.1 Å². The van der Waals surface area contributed by atoms with Crippen LogP contribution in [0.4, 0.5) is 0 Å². The van der Waals surface area contributed by atoms with Gasteiger partial charge < -0.3 is 0 Å². The van der Waals surface area contributed by atoms with Crippen molar-refractivity contribution in [3.05, 3.63) is 29.8 Å². The third-order valence-electron chi connectivity index (χ3n) is 2.52. The van der Waals surface area contributed by atoms with Crippen LogP contribution in [0.3, 0.4) is 0 Å². The van der Waals surface area contributed by atoms with Crippen LogP contribution in [0, 0.1) is 0 Å². The van der Waals surface area contributed by atoms with Gasteiger partial charge in [-0.15, -0.1) is 0 Å². The van der Waals surface area contributed by atoms with E-state index in [-0.39, 0.29) is 0 Å². The lowest BCUT2D eigenvalue weighted by Gasteiger charge is -2.03. The summed E-state index contributed by atoms with van der Waals surface area (Å²) in [6.07, 6.45) is 9.04. The molecule has 1 heteroatoms. The second-order valence-electron chi connectivity index (χ2n) is 3.77. The maximum Gasteiger partial charge on any atom is -0.0210 e. The minimum atomic E-state index is 1.11. The molecule has 0 N–H and O–H groups in total. The highest BCUT2D eigenvalue weighted by molar-refractivity contribution is 7.78. The van der Waals surface area contributed by atoms with Crippen LogP contribution >= 0.6 is 12.2 Å². The van der Waals surface area contributed by atoms with E-state index in [1.54, 1.807) is 0 Å². The predicted octanol–water partition coefficient (Wildman–Crippen LogP) is 4.29. The molecule has 1 aromatic carbocycles. The summed E-state index contributed by atoms with van der Waals surface area (Å²) in [5.41, 5.74) is 1.49. The summed E-state index contributed by atoms with van der Waals surface area (Å²) in [5.74, 6) is 0. The van der Waals surface area contributed by atoms with Crippen molar-refractivity contribution in [2.45, 2.75) is 44.9 Å². The summed E-state index contributed by atoms with van der Waals surface area (Å²) >= 11 is 4.78. The zero-order valence-corrected chi connectivity index (χ0v) is 9.56. The molecule has 0 atom stereocenters. The summed E-state index contributed by atoms with van der Waals surface area (Å²) < 4.78 is 0. The Balaban J connectivity index is 1.87. The SMILES string of the molecule is S=CCCCCCCCc1cc[cH-]c1. The van der Waals surface area contributed by atoms with E-state index in [4.69, 9.17) is 12.2 Å². The molecule has 0 heterocycles. The second-order valence-corrected chi connectivity index (χ2v) is 4.10. The molecule has 0 aliphatic carbocycles. The Morgan fingerprint density at radius 3 is 2.64 bits per heavy atom. The van der Waals surface area contributed by atoms with Crippen LogP contribution in [0.25, 0.3) is 0 Å². The molecule has 78 valence electrons. The highest BCUT2D eigenvalue weighted by Crippen LogP contribution is 2.09. The summed E-state index contributed by atoms with van der Waals surface area (Å²) in [4.78, 5) is 0. The molecule has 0 unspecified atom stereocenters. The minimum absolute atomic E-state index is 1.11. The molecule has 0 fully saturated rings. The maximum atomic E-state index is 4.78. The molecule has 1 rings (SSSR count). The molecule has 0 bridgehead atoms. The van der Waals surface area contributed by atoms with Crippen molar-refractivity contribution in [1.82, 2.24) is 0 Å². The van der Waals surface area contributed by atoms with Crippen molar-refractivity contribution >= 4 is 17.6 Å². The van der Waals surface area contributed by atoms with E-state index in [0.717, 1.165) is 6.42 Å². The molecule has 0 nitrogen and oxygen atoms in total. The number of aryl methyl sites for hydroxylation is 1. The molecule has 0 spiro atoms. The molecule has 1 aromatic rings. The van der Waals surface area contributed by atoms with Gasteiger partial charge in [0.25, 0.3) is 0 Å². The molecule has 0 aliphatic heterocycles. The number of hydrogen-bond donors (Lipinski definition) is 0. The zero-order chi connectivity index (χ0) is 10.1. The van der Waals surface area contributed by atoms with Gasteiger partial charge in [0.1, 0.15) is 0 Å². The zero-order valence-electron chi connectivity index (χ0n) is 8.74. The Labute approximate surface area is 92.7 Å². The fourth-order valence-corrected chi connectivity index (χ4v) is 1.83. The lowest BCUT2D eigenvalue weighted by atomic mass is 10.1. The van der Waals surface area contributed by atoms with Gasteiger partial charge in [-0.25, -0.2) is 6.07 Å². The van der Waals surface area contributed by atoms with Gasteiger partial charge in [-0.2, -0.15) is 23.8 Å². The molecule has 0 saturated carbocycles. The van der Waals surface area contributed by atoms with Gasteiger partial charge in [0.15, 0.2) is 0 Å². The van der Waals surface area contributed by atoms with Crippen LogP contribution in [0.15, 0.2) is 24.3 Å². The monoisotopic (exact) mass is 207 g/mol. The first-order chi connectivity index (χ1) is 6.93. The van der Waals surface area contributed by atoms with Crippen LogP contribution in [-0.4, -0.2) is 5.37 Å². The van der Waals surface area contributed by atoms with Crippen LogP contribution < -0.4 is 0 Å². The van der Waals surface area contributed by atoms with E-state index in [9.17, 15) is 0 Å². The molecular formula is C13H19S-. The Bertz CT molecular complexity index is 223. The summed E-state index contributed by atoms with van der Waals surface area (Å²) in [6, 6.07) is 8.67. The van der Waals surface area contributed by atoms with Gasteiger partial charge in [0.05, 0.1) is 0 Å². The lowest BCUT2D eigenvalue weighted by molar-refractivity contribution is 0.624. The van der Waals surface area contributed by atoms with Crippen molar-refractivity contribution < 1.29 is 0 Å². The first-order valence-corrected chi connectivity index (χ1v) is 6.05. The largest absolute Gasteiger partial charge is 0.211 e. The third kappa shape index (κ3) is 5.23. The average molecular weight is 207 g/mol. The van der Waals surface area contributed by atoms with E-state index in [0.29, 0.717) is 0 Å². The highest BCUT2D eigenvalue weighted by Gasteiger charge is 1.89. The summed E-state index contributed by atoms with van der Waals surface area (Å²) in [6.45, 7) is 0. The topological polar surface area (TPSA) is 0 Å².